The highest BCUT2D eigenvalue weighted by atomic mass is 35.5. The van der Waals surface area contributed by atoms with Crippen molar-refractivity contribution in [1.82, 2.24) is 15.0 Å². The zero-order valence-corrected chi connectivity index (χ0v) is 11.3. The van der Waals surface area contributed by atoms with Gasteiger partial charge in [0, 0.05) is 5.38 Å². The quantitative estimate of drug-likeness (QED) is 0.926. The summed E-state index contributed by atoms with van der Waals surface area (Å²) in [4.78, 5) is 12.7. The van der Waals surface area contributed by atoms with Crippen LogP contribution in [0, 0.1) is 6.92 Å². The lowest BCUT2D eigenvalue weighted by Crippen LogP contribution is -2.03. The lowest BCUT2D eigenvalue weighted by atomic mass is 10.4. The molecule has 0 bridgehead atoms. The van der Waals surface area contributed by atoms with E-state index in [1.54, 1.807) is 17.5 Å². The molecule has 2 aromatic rings. The number of nitrogens with zero attached hydrogens (tertiary/aromatic N) is 3. The van der Waals surface area contributed by atoms with Crippen LogP contribution in [0.5, 0.6) is 0 Å². The van der Waals surface area contributed by atoms with Crippen molar-refractivity contribution >= 4 is 28.8 Å². The van der Waals surface area contributed by atoms with Crippen molar-refractivity contribution in [3.05, 3.63) is 33.1 Å². The second kappa shape index (κ2) is 5.42. The minimum atomic E-state index is 0.530. The molecule has 0 aromatic carbocycles. The van der Waals surface area contributed by atoms with Crippen molar-refractivity contribution < 1.29 is 0 Å². The van der Waals surface area contributed by atoms with Crippen molar-refractivity contribution in [3.8, 4) is 0 Å². The van der Waals surface area contributed by atoms with Crippen LogP contribution < -0.4 is 5.32 Å². The number of hydrogen-bond acceptors (Lipinski definition) is 5. The number of aromatic nitrogens is 3. The van der Waals surface area contributed by atoms with Gasteiger partial charge in [0.2, 0.25) is 0 Å². The summed E-state index contributed by atoms with van der Waals surface area (Å²) in [6.45, 7) is 4.57. The van der Waals surface area contributed by atoms with Crippen LogP contribution in [-0.4, -0.2) is 15.0 Å². The molecule has 0 fully saturated rings. The first kappa shape index (κ1) is 12.3. The lowest BCUT2D eigenvalue weighted by Gasteiger charge is -2.05. The molecular formula is C11H13ClN4S. The van der Waals surface area contributed by atoms with E-state index in [0.29, 0.717) is 23.2 Å². The first-order chi connectivity index (χ1) is 8.19. The highest BCUT2D eigenvalue weighted by Crippen LogP contribution is 2.19. The molecule has 0 amide bonds. The molecule has 0 spiro atoms. The smallest absolute Gasteiger partial charge is 0.148 e. The molecule has 0 saturated heterocycles. The predicted octanol–water partition coefficient (Wildman–Crippen LogP) is 3.07. The minimum Gasteiger partial charge on any atom is -0.362 e. The molecule has 0 aliphatic carbocycles. The Bertz CT molecular complexity index is 512. The number of rotatable bonds is 4. The molecule has 2 heterocycles. The Balaban J connectivity index is 2.04. The third kappa shape index (κ3) is 3.14. The molecule has 0 unspecified atom stereocenters. The van der Waals surface area contributed by atoms with E-state index in [4.69, 9.17) is 11.6 Å². The van der Waals surface area contributed by atoms with Crippen LogP contribution in [0.4, 0.5) is 5.82 Å². The number of hydrogen-bond donors (Lipinski definition) is 1. The number of nitrogens with one attached hydrogen (secondary N) is 1. The summed E-state index contributed by atoms with van der Waals surface area (Å²) >= 11 is 7.63. The molecule has 17 heavy (non-hydrogen) atoms. The van der Waals surface area contributed by atoms with Crippen LogP contribution in [0.2, 0.25) is 5.02 Å². The molecule has 0 atom stereocenters. The van der Waals surface area contributed by atoms with Gasteiger partial charge in [-0.15, -0.1) is 11.3 Å². The van der Waals surface area contributed by atoms with Gasteiger partial charge in [-0.25, -0.2) is 15.0 Å². The van der Waals surface area contributed by atoms with Gasteiger partial charge in [0.05, 0.1) is 18.4 Å². The fraction of sp³-hybridized carbons (Fsp3) is 0.364. The zero-order valence-electron chi connectivity index (χ0n) is 9.70. The van der Waals surface area contributed by atoms with Crippen molar-refractivity contribution in [1.29, 1.82) is 0 Å². The van der Waals surface area contributed by atoms with Gasteiger partial charge in [-0.2, -0.15) is 0 Å². The summed E-state index contributed by atoms with van der Waals surface area (Å²) in [5.41, 5.74) is 1.12. The summed E-state index contributed by atoms with van der Waals surface area (Å²) in [6.07, 6.45) is 2.56. The molecule has 4 nitrogen and oxygen atoms in total. The van der Waals surface area contributed by atoms with Crippen LogP contribution in [0.1, 0.15) is 23.4 Å². The molecule has 6 heteroatoms. The molecule has 0 saturated carbocycles. The fourth-order valence-corrected chi connectivity index (χ4v) is 2.31. The van der Waals surface area contributed by atoms with Crippen LogP contribution in [0.25, 0.3) is 0 Å². The maximum Gasteiger partial charge on any atom is 0.148 e. The number of halogens is 1. The van der Waals surface area contributed by atoms with Crippen molar-refractivity contribution in [2.24, 2.45) is 0 Å². The van der Waals surface area contributed by atoms with Gasteiger partial charge in [0.1, 0.15) is 21.7 Å². The van der Waals surface area contributed by atoms with Crippen LogP contribution in [0.15, 0.2) is 11.6 Å². The first-order valence-corrected chi connectivity index (χ1v) is 6.61. The molecule has 0 aliphatic heterocycles. The molecule has 0 radical (unpaired) electrons. The average Bonchev–Trinajstić information content (AvgIpc) is 2.78. The topological polar surface area (TPSA) is 50.7 Å². The molecule has 90 valence electrons. The first-order valence-electron chi connectivity index (χ1n) is 5.35. The summed E-state index contributed by atoms with van der Waals surface area (Å²) in [7, 11) is 0. The van der Waals surface area contributed by atoms with Gasteiger partial charge in [-0.3, -0.25) is 0 Å². The van der Waals surface area contributed by atoms with Gasteiger partial charge >= 0.3 is 0 Å². The van der Waals surface area contributed by atoms with Crippen molar-refractivity contribution in [2.75, 3.05) is 5.32 Å². The Labute approximate surface area is 109 Å². The summed E-state index contributed by atoms with van der Waals surface area (Å²) < 4.78 is 0. The van der Waals surface area contributed by atoms with Gasteiger partial charge in [-0.05, 0) is 13.3 Å². The number of aryl methyl sites for hydroxylation is 2. The summed E-state index contributed by atoms with van der Waals surface area (Å²) in [5, 5.41) is 6.81. The molecular weight excluding hydrogens is 256 g/mol. The van der Waals surface area contributed by atoms with E-state index in [-0.39, 0.29) is 0 Å². The fourth-order valence-electron chi connectivity index (χ4n) is 1.33. The Kier molecular flexibility index (Phi) is 3.91. The maximum atomic E-state index is 5.99. The summed E-state index contributed by atoms with van der Waals surface area (Å²) in [6, 6.07) is 0. The van der Waals surface area contributed by atoms with Crippen molar-refractivity contribution in [3.63, 3.8) is 0 Å². The molecule has 1 N–H and O–H groups in total. The highest BCUT2D eigenvalue weighted by molar-refractivity contribution is 7.09. The second-order valence-electron chi connectivity index (χ2n) is 3.55. The van der Waals surface area contributed by atoms with Gasteiger partial charge in [-0.1, -0.05) is 18.5 Å². The largest absolute Gasteiger partial charge is 0.362 e. The highest BCUT2D eigenvalue weighted by Gasteiger charge is 2.05. The Morgan fingerprint density at radius 3 is 2.94 bits per heavy atom. The normalized spacial score (nSPS) is 10.5. The molecule has 2 aromatic heterocycles. The number of anilines is 1. The van der Waals surface area contributed by atoms with Crippen LogP contribution in [0.3, 0.4) is 0 Å². The molecule has 0 aliphatic rings. The SMILES string of the molecule is CCc1csc(CNc2nc(C)ncc2Cl)n1. The number of thiazole rings is 1. The average molecular weight is 269 g/mol. The Hall–Kier alpha value is -1.20. The van der Waals surface area contributed by atoms with Gasteiger partial charge in [0.25, 0.3) is 0 Å². The molecule has 2 rings (SSSR count). The van der Waals surface area contributed by atoms with E-state index in [0.717, 1.165) is 17.1 Å². The standard InChI is InChI=1S/C11H13ClN4S/c1-3-8-6-17-10(16-8)5-14-11-9(12)4-13-7(2)15-11/h4,6H,3,5H2,1-2H3,(H,13,14,15). The Morgan fingerprint density at radius 2 is 2.24 bits per heavy atom. The third-order valence-corrected chi connectivity index (χ3v) is 3.41. The lowest BCUT2D eigenvalue weighted by molar-refractivity contribution is 0.986. The van der Waals surface area contributed by atoms with Crippen molar-refractivity contribution in [2.45, 2.75) is 26.8 Å². The predicted molar refractivity (Wildman–Crippen MR) is 70.6 cm³/mol. The van der Waals surface area contributed by atoms with Gasteiger partial charge < -0.3 is 5.32 Å². The van der Waals surface area contributed by atoms with E-state index in [1.807, 2.05) is 6.92 Å². The van der Waals surface area contributed by atoms with Gasteiger partial charge in [0.15, 0.2) is 0 Å². The Morgan fingerprint density at radius 1 is 1.41 bits per heavy atom. The summed E-state index contributed by atoms with van der Waals surface area (Å²) in [5.74, 6) is 1.36. The van der Waals surface area contributed by atoms with Crippen LogP contribution in [-0.2, 0) is 13.0 Å². The van der Waals surface area contributed by atoms with E-state index in [1.165, 1.54) is 0 Å². The van der Waals surface area contributed by atoms with E-state index in [2.05, 4.69) is 32.6 Å². The second-order valence-corrected chi connectivity index (χ2v) is 4.90. The van der Waals surface area contributed by atoms with E-state index < -0.39 is 0 Å². The van der Waals surface area contributed by atoms with E-state index in [9.17, 15) is 0 Å². The monoisotopic (exact) mass is 268 g/mol. The van der Waals surface area contributed by atoms with Crippen LogP contribution >= 0.6 is 22.9 Å². The minimum absolute atomic E-state index is 0.530. The third-order valence-electron chi connectivity index (χ3n) is 2.23. The van der Waals surface area contributed by atoms with E-state index >= 15 is 0 Å². The zero-order chi connectivity index (χ0) is 12.3. The maximum absolute atomic E-state index is 5.99.